The molecule has 3 aromatic rings. The first-order chi connectivity index (χ1) is 20.5. The molecule has 2 saturated carbocycles. The molecule has 2 aliphatic carbocycles. The van der Waals surface area contributed by atoms with Crippen LogP contribution in [0.4, 0.5) is 10.2 Å². The smallest absolute Gasteiger partial charge is 0.282 e. The molecule has 1 aromatic heterocycles. The number of hydrogen-bond acceptors (Lipinski definition) is 8. The van der Waals surface area contributed by atoms with E-state index >= 15 is 0 Å². The Balaban J connectivity index is 0.991. The van der Waals surface area contributed by atoms with Crippen LogP contribution < -0.4 is 15.0 Å². The number of ether oxygens (including phenoxy) is 1. The fraction of sp³-hybridized carbons (Fsp3) is 0.469. The van der Waals surface area contributed by atoms with Crippen LogP contribution in [0, 0.1) is 34.4 Å². The van der Waals surface area contributed by atoms with Crippen LogP contribution in [0.1, 0.15) is 49.1 Å². The molecule has 5 aliphatic rings. The largest absolute Gasteiger partial charge is 0.434 e. The number of piperidine rings is 2. The number of likely N-dealkylation sites (tertiary alicyclic amines) is 1. The molecule has 1 unspecified atom stereocenters. The number of carbonyl (C=O) groups is 1. The quantitative estimate of drug-likeness (QED) is 0.473. The monoisotopic (exact) mass is 565 g/mol. The highest BCUT2D eigenvalue weighted by Gasteiger charge is 2.53. The molecule has 2 aromatic carbocycles. The molecular formula is C32H32FN7O2. The van der Waals surface area contributed by atoms with Gasteiger partial charge in [-0.3, -0.25) is 4.79 Å². The van der Waals surface area contributed by atoms with Gasteiger partial charge < -0.3 is 19.9 Å². The number of halogens is 1. The van der Waals surface area contributed by atoms with Crippen LogP contribution in [0.2, 0.25) is 0 Å². The molecule has 8 rings (SSSR count). The van der Waals surface area contributed by atoms with Crippen LogP contribution in [0.15, 0.2) is 42.7 Å². The third-order valence-corrected chi connectivity index (χ3v) is 9.97. The fourth-order valence-electron chi connectivity index (χ4n) is 7.30. The average Bonchev–Trinajstić information content (AvgIpc) is 3.95. The predicted octanol–water partition coefficient (Wildman–Crippen LogP) is 4.26. The number of anilines is 1. The first-order valence-corrected chi connectivity index (χ1v) is 15.0. The summed E-state index contributed by atoms with van der Waals surface area (Å²) >= 11 is 0. The topological polar surface area (TPSA) is 107 Å². The number of aromatic nitrogens is 3. The summed E-state index contributed by atoms with van der Waals surface area (Å²) in [6.07, 6.45) is 6.65. The minimum absolute atomic E-state index is 0.0229. The average molecular weight is 566 g/mol. The molecule has 0 bridgehead atoms. The van der Waals surface area contributed by atoms with E-state index in [-0.39, 0.29) is 29.1 Å². The van der Waals surface area contributed by atoms with Crippen LogP contribution in [-0.4, -0.2) is 64.8 Å². The first-order valence-electron chi connectivity index (χ1n) is 15.0. The van der Waals surface area contributed by atoms with E-state index < -0.39 is 0 Å². The summed E-state index contributed by atoms with van der Waals surface area (Å²) in [6.45, 7) is 4.20. The van der Waals surface area contributed by atoms with Gasteiger partial charge in [-0.15, -0.1) is 10.2 Å². The lowest BCUT2D eigenvalue weighted by atomic mass is 9.72. The van der Waals surface area contributed by atoms with E-state index in [1.807, 2.05) is 12.1 Å². The Hall–Kier alpha value is -4.10. The maximum Gasteiger partial charge on any atom is 0.282 e. The van der Waals surface area contributed by atoms with Gasteiger partial charge in [0.05, 0.1) is 17.7 Å². The van der Waals surface area contributed by atoms with Gasteiger partial charge in [0, 0.05) is 37.2 Å². The molecule has 1 spiro atoms. The summed E-state index contributed by atoms with van der Waals surface area (Å²) < 4.78 is 20.9. The minimum Gasteiger partial charge on any atom is -0.434 e. The number of amides is 1. The highest BCUT2D eigenvalue weighted by atomic mass is 19.1. The zero-order chi connectivity index (χ0) is 28.4. The molecule has 214 valence electrons. The van der Waals surface area contributed by atoms with E-state index in [2.05, 4.69) is 36.4 Å². The maximum atomic E-state index is 14.5. The standard InChI is InChI=1S/C32H32FN7O2/c33-22-4-6-27(26(13-22)23-5-1-19(14-34)11-24(23)20-2-3-20)42-30-29(36-18-37-38-30)40-16-32(17-40)7-9-39(10-8-32)31(41)28-25-12-21(25)15-35-28/h1,4-6,11,13,18,20-21,25,28,35H,2-3,7-10,12,15-17H2/t21-,25?,28-/m0/s1. The van der Waals surface area contributed by atoms with Crippen molar-refractivity contribution in [3.63, 3.8) is 0 Å². The number of fused-ring (bicyclic) bond motifs is 1. The molecule has 1 amide bonds. The van der Waals surface area contributed by atoms with Gasteiger partial charge in [-0.1, -0.05) is 6.07 Å². The lowest BCUT2D eigenvalue weighted by Gasteiger charge is -2.54. The van der Waals surface area contributed by atoms with Crippen molar-refractivity contribution in [3.8, 4) is 28.8 Å². The Morgan fingerprint density at radius 2 is 1.95 bits per heavy atom. The maximum absolute atomic E-state index is 14.5. The van der Waals surface area contributed by atoms with Crippen LogP contribution in [0.3, 0.4) is 0 Å². The summed E-state index contributed by atoms with van der Waals surface area (Å²) in [7, 11) is 0. The van der Waals surface area contributed by atoms with Crippen molar-refractivity contribution in [1.29, 1.82) is 5.26 Å². The molecule has 3 aliphatic heterocycles. The molecule has 10 heteroatoms. The van der Waals surface area contributed by atoms with E-state index in [9.17, 15) is 14.4 Å². The Labute approximate surface area is 243 Å². The Bertz CT molecular complexity index is 1600. The number of rotatable bonds is 6. The summed E-state index contributed by atoms with van der Waals surface area (Å²) in [5, 5.41) is 21.1. The van der Waals surface area contributed by atoms with E-state index in [1.54, 1.807) is 12.1 Å². The highest BCUT2D eigenvalue weighted by molar-refractivity contribution is 5.83. The van der Waals surface area contributed by atoms with Crippen molar-refractivity contribution in [2.45, 2.75) is 44.1 Å². The molecular weight excluding hydrogens is 533 g/mol. The second-order valence-corrected chi connectivity index (χ2v) is 12.7. The highest BCUT2D eigenvalue weighted by Crippen LogP contribution is 2.49. The van der Waals surface area contributed by atoms with Crippen LogP contribution in [-0.2, 0) is 4.79 Å². The third-order valence-electron chi connectivity index (χ3n) is 9.97. The lowest BCUT2D eigenvalue weighted by molar-refractivity contribution is -0.136. The van der Waals surface area contributed by atoms with Gasteiger partial charge in [0.15, 0.2) is 5.82 Å². The number of benzene rings is 2. The van der Waals surface area contributed by atoms with Crippen molar-refractivity contribution in [2.24, 2.45) is 17.3 Å². The number of hydrogen-bond donors (Lipinski definition) is 1. The predicted molar refractivity (Wildman–Crippen MR) is 152 cm³/mol. The van der Waals surface area contributed by atoms with Crippen molar-refractivity contribution < 1.29 is 13.9 Å². The zero-order valence-electron chi connectivity index (χ0n) is 23.3. The molecule has 3 saturated heterocycles. The normalized spacial score (nSPS) is 25.5. The number of nitrogens with one attached hydrogen (secondary N) is 1. The molecule has 4 heterocycles. The Morgan fingerprint density at radius 3 is 2.67 bits per heavy atom. The fourth-order valence-corrected chi connectivity index (χ4v) is 7.30. The van der Waals surface area contributed by atoms with Crippen LogP contribution in [0.25, 0.3) is 11.1 Å². The third kappa shape index (κ3) is 4.47. The zero-order valence-corrected chi connectivity index (χ0v) is 23.3. The SMILES string of the molecule is N#Cc1ccc(-c2cc(F)ccc2Oc2nncnc2N2CC3(CCN(C(=O)[C@H]4NC[C@@H]5CC54)CC3)C2)c(C2CC2)c1. The molecule has 9 nitrogen and oxygen atoms in total. The van der Waals surface area contributed by atoms with Gasteiger partial charge in [-0.25, -0.2) is 9.37 Å². The van der Waals surface area contributed by atoms with E-state index in [4.69, 9.17) is 4.74 Å². The Kier molecular flexibility index (Phi) is 5.93. The molecule has 1 N–H and O–H groups in total. The van der Waals surface area contributed by atoms with Gasteiger partial charge >= 0.3 is 0 Å². The van der Waals surface area contributed by atoms with Crippen molar-refractivity contribution in [2.75, 3.05) is 37.6 Å². The number of nitrogens with zero attached hydrogens (tertiary/aromatic N) is 6. The summed E-state index contributed by atoms with van der Waals surface area (Å²) in [4.78, 5) is 21.8. The summed E-state index contributed by atoms with van der Waals surface area (Å²) in [6, 6.07) is 12.3. The molecule has 42 heavy (non-hydrogen) atoms. The molecule has 3 atom stereocenters. The van der Waals surface area contributed by atoms with Gasteiger partial charge in [0.2, 0.25) is 5.91 Å². The van der Waals surface area contributed by atoms with Crippen molar-refractivity contribution >= 4 is 11.7 Å². The summed E-state index contributed by atoms with van der Waals surface area (Å²) in [5.74, 6) is 2.89. The number of nitriles is 1. The second kappa shape index (κ2) is 9.73. The van der Waals surface area contributed by atoms with Crippen molar-refractivity contribution in [1.82, 2.24) is 25.4 Å². The van der Waals surface area contributed by atoms with Crippen molar-refractivity contribution in [3.05, 3.63) is 59.7 Å². The van der Waals surface area contributed by atoms with Crippen LogP contribution in [0.5, 0.6) is 11.6 Å². The minimum atomic E-state index is -0.365. The molecule has 0 radical (unpaired) electrons. The first kappa shape index (κ1) is 25.6. The van der Waals surface area contributed by atoms with Gasteiger partial charge in [-0.05, 0) is 97.9 Å². The van der Waals surface area contributed by atoms with E-state index in [0.717, 1.165) is 69.5 Å². The summed E-state index contributed by atoms with van der Waals surface area (Å²) in [5.41, 5.74) is 3.25. The number of carbonyl (C=O) groups excluding carboxylic acids is 1. The Morgan fingerprint density at radius 1 is 1.12 bits per heavy atom. The van der Waals surface area contributed by atoms with Gasteiger partial charge in [0.25, 0.3) is 5.88 Å². The van der Waals surface area contributed by atoms with Gasteiger partial charge in [0.1, 0.15) is 17.9 Å². The second-order valence-electron chi connectivity index (χ2n) is 12.7. The van der Waals surface area contributed by atoms with E-state index in [1.165, 1.54) is 24.9 Å². The van der Waals surface area contributed by atoms with E-state index in [0.29, 0.717) is 40.4 Å². The molecule has 5 fully saturated rings. The van der Waals surface area contributed by atoms with Crippen LogP contribution >= 0.6 is 0 Å². The lowest BCUT2D eigenvalue weighted by Crippen LogP contribution is -2.62. The van der Waals surface area contributed by atoms with Gasteiger partial charge in [-0.2, -0.15) is 5.26 Å².